The first-order chi connectivity index (χ1) is 9.49. The van der Waals surface area contributed by atoms with Gasteiger partial charge in [0, 0.05) is 18.2 Å². The summed E-state index contributed by atoms with van der Waals surface area (Å²) in [5.41, 5.74) is 0.263. The zero-order valence-electron chi connectivity index (χ0n) is 10.6. The molecule has 1 N–H and O–H groups in total. The summed E-state index contributed by atoms with van der Waals surface area (Å²) in [4.78, 5) is 10.2. The molecule has 0 aliphatic carbocycles. The Morgan fingerprint density at radius 3 is 2.35 bits per heavy atom. The van der Waals surface area contributed by atoms with Crippen molar-refractivity contribution in [3.63, 3.8) is 0 Å². The van der Waals surface area contributed by atoms with Crippen molar-refractivity contribution in [2.24, 2.45) is 0 Å². The highest BCUT2D eigenvalue weighted by atomic mass is 19.1. The third kappa shape index (κ3) is 2.90. The van der Waals surface area contributed by atoms with Gasteiger partial charge in [-0.15, -0.1) is 0 Å². The fraction of sp³-hybridized carbons (Fsp3) is 0.143. The molecule has 104 valence electrons. The lowest BCUT2D eigenvalue weighted by Gasteiger charge is -2.16. The molecule has 0 bridgehead atoms. The summed E-state index contributed by atoms with van der Waals surface area (Å²) < 4.78 is 27.0. The van der Waals surface area contributed by atoms with Gasteiger partial charge in [0.25, 0.3) is 5.69 Å². The van der Waals surface area contributed by atoms with E-state index in [-0.39, 0.29) is 11.4 Å². The van der Waals surface area contributed by atoms with Crippen LogP contribution in [0.3, 0.4) is 0 Å². The van der Waals surface area contributed by atoms with Gasteiger partial charge >= 0.3 is 0 Å². The molecular weight excluding hydrogens is 266 g/mol. The Kier molecular flexibility index (Phi) is 3.93. The van der Waals surface area contributed by atoms with Crippen LogP contribution in [0.1, 0.15) is 18.5 Å². The molecule has 2 rings (SSSR count). The molecule has 0 fully saturated rings. The fourth-order valence-electron chi connectivity index (χ4n) is 1.84. The molecule has 1 unspecified atom stereocenters. The molecule has 20 heavy (non-hydrogen) atoms. The Bertz CT molecular complexity index is 627. The van der Waals surface area contributed by atoms with Crippen LogP contribution >= 0.6 is 0 Å². The van der Waals surface area contributed by atoms with Crippen LogP contribution in [0.5, 0.6) is 0 Å². The van der Waals surface area contributed by atoms with E-state index in [1.807, 2.05) is 0 Å². The van der Waals surface area contributed by atoms with Gasteiger partial charge in [-0.05, 0) is 24.6 Å². The second-order valence-corrected chi connectivity index (χ2v) is 4.31. The van der Waals surface area contributed by atoms with E-state index < -0.39 is 22.6 Å². The van der Waals surface area contributed by atoms with Crippen LogP contribution in [0.15, 0.2) is 42.5 Å². The Morgan fingerprint density at radius 1 is 1.15 bits per heavy atom. The first-order valence-corrected chi connectivity index (χ1v) is 5.94. The van der Waals surface area contributed by atoms with E-state index in [1.165, 1.54) is 24.3 Å². The highest BCUT2D eigenvalue weighted by Crippen LogP contribution is 2.26. The smallest absolute Gasteiger partial charge is 0.269 e. The normalized spacial score (nSPS) is 11.9. The molecule has 0 aromatic heterocycles. The van der Waals surface area contributed by atoms with Crippen molar-refractivity contribution < 1.29 is 13.7 Å². The Labute approximate surface area is 114 Å². The monoisotopic (exact) mass is 278 g/mol. The lowest BCUT2D eigenvalue weighted by molar-refractivity contribution is -0.384. The maximum absolute atomic E-state index is 13.5. The third-order valence-electron chi connectivity index (χ3n) is 2.90. The zero-order chi connectivity index (χ0) is 14.7. The van der Waals surface area contributed by atoms with E-state index >= 15 is 0 Å². The molecule has 2 aromatic carbocycles. The van der Waals surface area contributed by atoms with E-state index in [0.717, 1.165) is 12.1 Å². The summed E-state index contributed by atoms with van der Waals surface area (Å²) in [6.45, 7) is 1.67. The summed E-state index contributed by atoms with van der Waals surface area (Å²) >= 11 is 0. The predicted molar refractivity (Wildman–Crippen MR) is 71.5 cm³/mol. The minimum atomic E-state index is -0.706. The quantitative estimate of drug-likeness (QED) is 0.678. The molecule has 0 saturated carbocycles. The van der Waals surface area contributed by atoms with E-state index in [2.05, 4.69) is 5.32 Å². The van der Waals surface area contributed by atoms with Crippen molar-refractivity contribution >= 4 is 11.4 Å². The number of nitro groups is 1. The molecule has 0 radical (unpaired) electrons. The van der Waals surface area contributed by atoms with Crippen LogP contribution in [-0.2, 0) is 0 Å². The summed E-state index contributed by atoms with van der Waals surface area (Å²) in [6, 6.07) is 9.01. The van der Waals surface area contributed by atoms with Crippen LogP contribution in [-0.4, -0.2) is 4.92 Å². The number of hydrogen-bond donors (Lipinski definition) is 1. The Hall–Kier alpha value is -2.50. The zero-order valence-corrected chi connectivity index (χ0v) is 10.6. The average molecular weight is 278 g/mol. The van der Waals surface area contributed by atoms with Crippen LogP contribution in [0.25, 0.3) is 0 Å². The molecule has 0 amide bonds. The lowest BCUT2D eigenvalue weighted by Crippen LogP contribution is -2.09. The molecule has 4 nitrogen and oxygen atoms in total. The molecule has 0 heterocycles. The van der Waals surface area contributed by atoms with Crippen molar-refractivity contribution in [3.05, 3.63) is 69.8 Å². The van der Waals surface area contributed by atoms with E-state index in [1.54, 1.807) is 13.0 Å². The SMILES string of the molecule is CC(Nc1c(F)cccc1F)c1cccc([N+](=O)[O-])c1. The first-order valence-electron chi connectivity index (χ1n) is 5.94. The van der Waals surface area contributed by atoms with Crippen molar-refractivity contribution in [2.75, 3.05) is 5.32 Å². The van der Waals surface area contributed by atoms with Crippen molar-refractivity contribution in [2.45, 2.75) is 13.0 Å². The van der Waals surface area contributed by atoms with Gasteiger partial charge in [-0.25, -0.2) is 8.78 Å². The lowest BCUT2D eigenvalue weighted by atomic mass is 10.1. The van der Waals surface area contributed by atoms with Crippen molar-refractivity contribution in [1.82, 2.24) is 0 Å². The molecule has 2 aromatic rings. The van der Waals surface area contributed by atoms with Gasteiger partial charge in [-0.1, -0.05) is 18.2 Å². The minimum Gasteiger partial charge on any atom is -0.374 e. The van der Waals surface area contributed by atoms with Gasteiger partial charge in [-0.3, -0.25) is 10.1 Å². The number of benzene rings is 2. The maximum atomic E-state index is 13.5. The fourth-order valence-corrected chi connectivity index (χ4v) is 1.84. The molecule has 0 aliphatic rings. The number of para-hydroxylation sites is 1. The van der Waals surface area contributed by atoms with Crippen LogP contribution in [0, 0.1) is 21.7 Å². The third-order valence-corrected chi connectivity index (χ3v) is 2.90. The van der Waals surface area contributed by atoms with Gasteiger partial charge in [0.2, 0.25) is 0 Å². The van der Waals surface area contributed by atoms with Crippen LogP contribution in [0.2, 0.25) is 0 Å². The van der Waals surface area contributed by atoms with E-state index in [4.69, 9.17) is 0 Å². The van der Waals surface area contributed by atoms with Gasteiger partial charge < -0.3 is 5.32 Å². The van der Waals surface area contributed by atoms with E-state index in [9.17, 15) is 18.9 Å². The molecule has 0 aliphatic heterocycles. The second kappa shape index (κ2) is 5.64. The number of halogens is 2. The molecule has 0 spiro atoms. The summed E-state index contributed by atoms with van der Waals surface area (Å²) in [6.07, 6.45) is 0. The number of non-ortho nitro benzene ring substituents is 1. The standard InChI is InChI=1S/C14H12F2N2O2/c1-9(10-4-2-5-11(8-10)18(19)20)17-14-12(15)6-3-7-13(14)16/h2-9,17H,1H3. The van der Waals surface area contributed by atoms with Crippen LogP contribution < -0.4 is 5.32 Å². The molecule has 6 heteroatoms. The first kappa shape index (κ1) is 13.9. The van der Waals surface area contributed by atoms with Gasteiger partial charge in [0.1, 0.15) is 17.3 Å². The number of anilines is 1. The highest BCUT2D eigenvalue weighted by molar-refractivity contribution is 5.49. The van der Waals surface area contributed by atoms with E-state index in [0.29, 0.717) is 5.56 Å². The molecule has 1 atom stereocenters. The summed E-state index contributed by atoms with van der Waals surface area (Å²) in [5.74, 6) is -1.41. The largest absolute Gasteiger partial charge is 0.374 e. The Morgan fingerprint density at radius 2 is 1.75 bits per heavy atom. The van der Waals surface area contributed by atoms with Crippen LogP contribution in [0.4, 0.5) is 20.2 Å². The number of hydrogen-bond acceptors (Lipinski definition) is 3. The van der Waals surface area contributed by atoms with Gasteiger partial charge in [-0.2, -0.15) is 0 Å². The highest BCUT2D eigenvalue weighted by Gasteiger charge is 2.14. The number of rotatable bonds is 4. The molecule has 0 saturated heterocycles. The van der Waals surface area contributed by atoms with Gasteiger partial charge in [0.05, 0.1) is 4.92 Å². The molecular formula is C14H12F2N2O2. The number of nitro benzene ring substituents is 1. The second-order valence-electron chi connectivity index (χ2n) is 4.31. The maximum Gasteiger partial charge on any atom is 0.269 e. The topological polar surface area (TPSA) is 55.2 Å². The summed E-state index contributed by atoms with van der Waals surface area (Å²) in [5, 5.41) is 13.4. The average Bonchev–Trinajstić information content (AvgIpc) is 2.43. The van der Waals surface area contributed by atoms with Crippen molar-refractivity contribution in [3.8, 4) is 0 Å². The Balaban J connectivity index is 2.26. The summed E-state index contributed by atoms with van der Waals surface area (Å²) in [7, 11) is 0. The predicted octanol–water partition coefficient (Wildman–Crippen LogP) is 4.05. The van der Waals surface area contributed by atoms with Gasteiger partial charge in [0.15, 0.2) is 0 Å². The number of nitrogens with one attached hydrogen (secondary N) is 1. The van der Waals surface area contributed by atoms with Crippen molar-refractivity contribution in [1.29, 1.82) is 0 Å². The minimum absolute atomic E-state index is 0.0647. The number of nitrogens with zero attached hydrogens (tertiary/aromatic N) is 1.